The van der Waals surface area contributed by atoms with Gasteiger partial charge < -0.3 is 34.3 Å². The number of likely N-dealkylation sites (N-methyl/N-ethyl adjacent to an activating group) is 1. The molecule has 3 fully saturated rings. The number of carbonyl (C=O) groups excluding carboxylic acids is 4. The zero-order chi connectivity index (χ0) is 44.4. The number of esters is 1. The molecule has 1 unspecified atom stereocenters. The molecule has 3 N–H and O–H groups in total. The van der Waals surface area contributed by atoms with Gasteiger partial charge in [-0.1, -0.05) is 46.5 Å². The van der Waals surface area contributed by atoms with Crippen LogP contribution in [0.15, 0.2) is 41.7 Å². The van der Waals surface area contributed by atoms with Gasteiger partial charge in [0.15, 0.2) is 17.7 Å². The van der Waals surface area contributed by atoms with Crippen molar-refractivity contribution in [1.82, 2.24) is 14.8 Å². The molecule has 0 radical (unpaired) electrons. The summed E-state index contributed by atoms with van der Waals surface area (Å²) in [6.45, 7) is 15.8. The predicted octanol–water partition coefficient (Wildman–Crippen LogP) is 6.22. The number of nitrogens with one attached hydrogen (secondary N) is 2. The molecule has 0 saturated carbocycles. The highest BCUT2D eigenvalue weighted by molar-refractivity contribution is 7.16. The Hall–Kier alpha value is -4.40. The van der Waals surface area contributed by atoms with E-state index in [0.29, 0.717) is 47.9 Å². The maximum Gasteiger partial charge on any atom is 0.410 e. The first-order chi connectivity index (χ1) is 28.9. The van der Waals surface area contributed by atoms with Gasteiger partial charge in [0.2, 0.25) is 0 Å². The second kappa shape index (κ2) is 18.9. The van der Waals surface area contributed by atoms with Crippen LogP contribution >= 0.6 is 11.3 Å². The van der Waals surface area contributed by atoms with Crippen molar-refractivity contribution in [2.24, 2.45) is 34.1 Å². The van der Waals surface area contributed by atoms with E-state index in [1.54, 1.807) is 49.3 Å². The fourth-order valence-corrected chi connectivity index (χ4v) is 10.8. The van der Waals surface area contributed by atoms with Crippen molar-refractivity contribution < 1.29 is 43.2 Å². The fraction of sp³-hybridized carbons (Fsp3) is 0.644. The second-order valence-electron chi connectivity index (χ2n) is 17.9. The van der Waals surface area contributed by atoms with E-state index in [9.17, 15) is 24.3 Å². The topological polar surface area (TPSA) is 181 Å². The van der Waals surface area contributed by atoms with Crippen LogP contribution in [0.1, 0.15) is 86.0 Å². The first-order valence-corrected chi connectivity index (χ1v) is 22.2. The standard InChI is InChI=1S/C45H62N6O9S/c1-11-33-45(8)38-27(4)35(47-21-22-51(38)43(56)60-45)25(2)24-44(7,18-12-13-31-14-15-34(61-31)49-42(55)48-30-16-19-46-20-17-30)39(28(5)36(52)29(6)40(54)58-33)59-41-37(53)32(50(9)10)23-26(3)57-41/h14-17,19-20,25-29,32-33,37-39,41,53H,11,18,21-24H2,1-10H3,(H2,46,48,49,55)/t25-,26-,27+,28+,29-,32+,33-,37-,38-,39-,41?,44+,45-/m1/s1. The average Bonchev–Trinajstić information content (AvgIpc) is 3.69. The van der Waals surface area contributed by atoms with Gasteiger partial charge in [-0.2, -0.15) is 0 Å². The number of hydrogen-bond acceptors (Lipinski definition) is 13. The Morgan fingerprint density at radius 1 is 1.07 bits per heavy atom. The monoisotopic (exact) mass is 862 g/mol. The van der Waals surface area contributed by atoms with Crippen LogP contribution in [-0.2, 0) is 28.5 Å². The molecule has 4 aliphatic heterocycles. The fourth-order valence-electron chi connectivity index (χ4n) is 9.98. The molecule has 16 heteroatoms. The van der Waals surface area contributed by atoms with E-state index in [-0.39, 0.29) is 30.4 Å². The smallest absolute Gasteiger partial charge is 0.410 e. The van der Waals surface area contributed by atoms with Gasteiger partial charge in [0.05, 0.1) is 34.7 Å². The van der Waals surface area contributed by atoms with Crippen LogP contribution in [-0.4, -0.2) is 125 Å². The van der Waals surface area contributed by atoms with Crippen molar-refractivity contribution in [3.8, 4) is 11.8 Å². The Morgan fingerprint density at radius 2 is 1.79 bits per heavy atom. The molecular formula is C45H62N6O9S. The largest absolute Gasteiger partial charge is 0.458 e. The molecule has 0 aliphatic carbocycles. The molecule has 4 aliphatic rings. The van der Waals surface area contributed by atoms with Crippen molar-refractivity contribution in [3.05, 3.63) is 41.5 Å². The summed E-state index contributed by atoms with van der Waals surface area (Å²) < 4.78 is 25.6. The highest BCUT2D eigenvalue weighted by Gasteiger charge is 2.60. The third-order valence-electron chi connectivity index (χ3n) is 13.0. The minimum atomic E-state index is -1.20. The lowest BCUT2D eigenvalue weighted by atomic mass is 9.66. The highest BCUT2D eigenvalue weighted by atomic mass is 32.1. The summed E-state index contributed by atoms with van der Waals surface area (Å²) in [7, 11) is 3.80. The zero-order valence-corrected chi connectivity index (χ0v) is 37.8. The number of aliphatic hydroxyl groups is 1. The van der Waals surface area contributed by atoms with Crippen LogP contribution < -0.4 is 10.6 Å². The summed E-state index contributed by atoms with van der Waals surface area (Å²) in [6, 6.07) is 5.84. The number of urea groups is 1. The molecule has 15 nitrogen and oxygen atoms in total. The van der Waals surface area contributed by atoms with Crippen LogP contribution in [0.4, 0.5) is 20.3 Å². The first-order valence-electron chi connectivity index (χ1n) is 21.4. The highest BCUT2D eigenvalue weighted by Crippen LogP contribution is 2.46. The van der Waals surface area contributed by atoms with Crippen molar-refractivity contribution in [2.75, 3.05) is 37.8 Å². The summed E-state index contributed by atoms with van der Waals surface area (Å²) in [6.07, 6.45) is 0.235. The lowest BCUT2D eigenvalue weighted by Gasteiger charge is -2.47. The van der Waals surface area contributed by atoms with E-state index in [0.717, 1.165) is 5.71 Å². The van der Waals surface area contributed by atoms with Gasteiger partial charge in [0, 0.05) is 60.1 Å². The third kappa shape index (κ3) is 9.81. The van der Waals surface area contributed by atoms with E-state index >= 15 is 0 Å². The Labute approximate surface area is 363 Å². The number of Topliss-reactive ketones (excluding diaryl/α,β-unsaturated/α-hetero) is 1. The molecule has 6 heterocycles. The number of fused-ring (bicyclic) bond motifs is 1. The van der Waals surface area contributed by atoms with E-state index in [1.807, 2.05) is 59.7 Å². The summed E-state index contributed by atoms with van der Waals surface area (Å²) >= 11 is 1.32. The molecular weight excluding hydrogens is 801 g/mol. The summed E-state index contributed by atoms with van der Waals surface area (Å²) in [5, 5.41) is 18.0. The lowest BCUT2D eigenvalue weighted by Crippen LogP contribution is -2.58. The van der Waals surface area contributed by atoms with Crippen molar-refractivity contribution in [1.29, 1.82) is 0 Å². The molecule has 332 valence electrons. The summed E-state index contributed by atoms with van der Waals surface area (Å²) in [4.78, 5) is 68.4. The number of thiophene rings is 1. The van der Waals surface area contributed by atoms with E-state index in [1.165, 1.54) is 11.3 Å². The van der Waals surface area contributed by atoms with Crippen LogP contribution in [0, 0.1) is 40.9 Å². The van der Waals surface area contributed by atoms with Crippen LogP contribution in [0.3, 0.4) is 0 Å². The van der Waals surface area contributed by atoms with Crippen LogP contribution in [0.5, 0.6) is 0 Å². The molecule has 2 aromatic rings. The first kappa shape index (κ1) is 46.1. The van der Waals surface area contributed by atoms with E-state index < -0.39 is 77.4 Å². The number of amides is 3. The van der Waals surface area contributed by atoms with E-state index in [4.69, 9.17) is 23.9 Å². The molecule has 2 bridgehead atoms. The number of ether oxygens (including phenoxy) is 4. The molecule has 3 saturated heterocycles. The summed E-state index contributed by atoms with van der Waals surface area (Å²) in [5.41, 5.74) is -0.614. The number of aliphatic hydroxyl groups excluding tert-OH is 1. The molecule has 61 heavy (non-hydrogen) atoms. The number of rotatable bonds is 7. The number of pyridine rings is 1. The Morgan fingerprint density at radius 3 is 2.48 bits per heavy atom. The Kier molecular flexibility index (Phi) is 14.3. The van der Waals surface area contributed by atoms with Crippen molar-refractivity contribution >= 4 is 51.6 Å². The number of aliphatic imine (C=N–C) groups is 1. The molecule has 0 aromatic carbocycles. The average molecular weight is 863 g/mol. The minimum absolute atomic E-state index is 0.194. The minimum Gasteiger partial charge on any atom is -0.458 e. The number of carbonyl (C=O) groups is 4. The number of hydrogen-bond donors (Lipinski definition) is 3. The van der Waals surface area contributed by atoms with Gasteiger partial charge in [-0.15, -0.1) is 11.3 Å². The quantitative estimate of drug-likeness (QED) is 0.163. The van der Waals surface area contributed by atoms with Gasteiger partial charge in [0.1, 0.15) is 18.1 Å². The number of cyclic esters (lactones) is 1. The van der Waals surface area contributed by atoms with Gasteiger partial charge in [-0.05, 0) is 84.3 Å². The predicted molar refractivity (Wildman–Crippen MR) is 232 cm³/mol. The normalized spacial score (nSPS) is 35.8. The van der Waals surface area contributed by atoms with Crippen LogP contribution in [0.25, 0.3) is 0 Å². The van der Waals surface area contributed by atoms with Gasteiger partial charge in [-0.3, -0.25) is 29.8 Å². The summed E-state index contributed by atoms with van der Waals surface area (Å²) in [5.74, 6) is 3.01. The maximum atomic E-state index is 14.7. The maximum absolute atomic E-state index is 14.7. The van der Waals surface area contributed by atoms with Crippen molar-refractivity contribution in [3.63, 3.8) is 0 Å². The number of ketones is 1. The molecule has 6 rings (SSSR count). The molecule has 2 aromatic heterocycles. The second-order valence-corrected chi connectivity index (χ2v) is 19.0. The van der Waals surface area contributed by atoms with Crippen LogP contribution in [0.2, 0.25) is 0 Å². The number of anilines is 2. The third-order valence-corrected chi connectivity index (χ3v) is 13.9. The molecule has 3 amide bonds. The zero-order valence-electron chi connectivity index (χ0n) is 37.0. The SMILES string of the molecule is CC[C@H]1OC(=O)[C@H](C)C(=O)[C@H](C)[C@@H](OC2O[C@H](C)C[C@H](N(C)C)[C@H]2O)[C@@](C)(CC#Cc2ccc(NC(=O)Nc3ccncc3)s2)C[C@@H](C)C2=NCCN3C(=O)O[C@@]1(C)[C@H]3[C@H]2C. The van der Waals surface area contributed by atoms with Crippen molar-refractivity contribution in [2.45, 2.75) is 129 Å². The van der Waals surface area contributed by atoms with E-state index in [2.05, 4.69) is 34.4 Å². The Balaban J connectivity index is 1.39. The number of aromatic nitrogens is 1. The molecule has 13 atom stereocenters. The Bertz CT molecular complexity index is 2020. The lowest BCUT2D eigenvalue weighted by molar-refractivity contribution is -0.286. The van der Waals surface area contributed by atoms with Gasteiger partial charge in [-0.25, -0.2) is 9.59 Å². The number of nitrogens with zero attached hydrogens (tertiary/aromatic N) is 4. The molecule has 0 spiro atoms. The van der Waals surface area contributed by atoms with Gasteiger partial charge >= 0.3 is 18.1 Å². The van der Waals surface area contributed by atoms with Gasteiger partial charge in [0.25, 0.3) is 0 Å².